The first-order valence-electron chi connectivity index (χ1n) is 9.29. The normalized spacial score (nSPS) is 23.5. The number of alkyl halides is 3. The van der Waals surface area contributed by atoms with Crippen LogP contribution < -0.4 is 10.1 Å². The highest BCUT2D eigenvalue weighted by Crippen LogP contribution is 2.59. The molecule has 1 aliphatic heterocycles. The minimum absolute atomic E-state index is 0.0112. The number of nitrogens with zero attached hydrogens (tertiary/aromatic N) is 4. The van der Waals surface area contributed by atoms with E-state index < -0.39 is 51.8 Å². The molecule has 3 unspecified atom stereocenters. The van der Waals surface area contributed by atoms with Crippen LogP contribution in [0.25, 0.3) is 5.65 Å². The van der Waals surface area contributed by atoms with Crippen molar-refractivity contribution in [3.63, 3.8) is 0 Å². The van der Waals surface area contributed by atoms with Crippen molar-refractivity contribution in [2.45, 2.75) is 35.4 Å². The van der Waals surface area contributed by atoms with Gasteiger partial charge in [-0.15, -0.1) is 16.9 Å². The molecule has 0 spiro atoms. The fraction of sp³-hybridized carbons (Fsp3) is 0.368. The van der Waals surface area contributed by atoms with E-state index in [-0.39, 0.29) is 11.3 Å². The van der Waals surface area contributed by atoms with Gasteiger partial charge in [-0.1, -0.05) is 6.07 Å². The Balaban J connectivity index is 1.71. The first-order chi connectivity index (χ1) is 15.0. The number of halogens is 5. The number of anilines is 1. The summed E-state index contributed by atoms with van der Waals surface area (Å²) in [6, 6.07) is 4.98. The van der Waals surface area contributed by atoms with Crippen LogP contribution in [0.2, 0.25) is 0 Å². The second-order valence-electron chi connectivity index (χ2n) is 7.45. The summed E-state index contributed by atoms with van der Waals surface area (Å²) in [7, 11) is 1.09. The summed E-state index contributed by atoms with van der Waals surface area (Å²) in [5.74, 6) is -4.86. The molecule has 1 fully saturated rings. The molecular formula is C19H16F5N5O2S. The average molecular weight is 473 g/mol. The van der Waals surface area contributed by atoms with Gasteiger partial charge in [0.05, 0.1) is 24.2 Å². The van der Waals surface area contributed by atoms with Crippen LogP contribution >= 0.6 is 11.8 Å². The number of aromatic nitrogens is 4. The topological polar surface area (TPSA) is 81.4 Å². The van der Waals surface area contributed by atoms with Crippen molar-refractivity contribution in [2.24, 2.45) is 0 Å². The maximum Gasteiger partial charge on any atom is 0.403 e. The van der Waals surface area contributed by atoms with E-state index in [9.17, 15) is 26.7 Å². The number of methoxy groups -OCH3 is 1. The zero-order chi connectivity index (χ0) is 23.3. The molecule has 0 radical (unpaired) electrons. The fourth-order valence-corrected chi connectivity index (χ4v) is 5.25. The Kier molecular flexibility index (Phi) is 5.47. The quantitative estimate of drug-likeness (QED) is 0.578. The molecule has 0 bridgehead atoms. The number of hydrogen-bond donors (Lipinski definition) is 1. The Morgan fingerprint density at radius 2 is 2.03 bits per heavy atom. The third-order valence-electron chi connectivity index (χ3n) is 5.36. The van der Waals surface area contributed by atoms with Gasteiger partial charge in [-0.25, -0.2) is 4.39 Å². The van der Waals surface area contributed by atoms with Gasteiger partial charge in [0.25, 0.3) is 0 Å². The number of thioether (sulfide) groups is 1. The molecule has 7 nitrogen and oxygen atoms in total. The number of ether oxygens (including phenoxy) is 1. The van der Waals surface area contributed by atoms with Gasteiger partial charge in [0.2, 0.25) is 11.7 Å². The molecule has 2 aromatic heterocycles. The van der Waals surface area contributed by atoms with Crippen molar-refractivity contribution in [1.82, 2.24) is 20.0 Å². The highest BCUT2D eigenvalue weighted by molar-refractivity contribution is 8.02. The van der Waals surface area contributed by atoms with Gasteiger partial charge in [-0.05, 0) is 42.0 Å². The number of nitrogens with one attached hydrogen (secondary N) is 1. The van der Waals surface area contributed by atoms with E-state index >= 15 is 0 Å². The number of tetrazole rings is 1. The lowest BCUT2D eigenvalue weighted by atomic mass is 9.85. The van der Waals surface area contributed by atoms with Crippen molar-refractivity contribution in [3.8, 4) is 5.75 Å². The van der Waals surface area contributed by atoms with Crippen molar-refractivity contribution in [1.29, 1.82) is 0 Å². The maximum atomic E-state index is 14.3. The standard InChI is InChI=1S/C19H16F5N5O2S/c1-18(19(22,23)24)7-11(10-4-5-12(20)14(21)15(10)31-2)16(32-18)17(30)25-9-3-6-13-26-27-28-29(13)8-9/h3-6,8,11,16H,7H2,1-2H3,(H,25,30). The van der Waals surface area contributed by atoms with E-state index in [1.807, 2.05) is 0 Å². The van der Waals surface area contributed by atoms with Crippen LogP contribution in [0.4, 0.5) is 27.6 Å². The van der Waals surface area contributed by atoms with Crippen LogP contribution in [-0.4, -0.2) is 49.2 Å². The summed E-state index contributed by atoms with van der Waals surface area (Å²) < 4.78 is 73.4. The van der Waals surface area contributed by atoms with Gasteiger partial charge < -0.3 is 10.1 Å². The number of carbonyl (C=O) groups excluding carboxylic acids is 1. The van der Waals surface area contributed by atoms with Crippen molar-refractivity contribution >= 4 is 29.0 Å². The first kappa shape index (κ1) is 22.2. The molecular weight excluding hydrogens is 457 g/mol. The SMILES string of the molecule is COc1c(C2CC(C)(C(F)(F)F)SC2C(=O)Nc2ccc3nnnn3c2)ccc(F)c1F. The van der Waals surface area contributed by atoms with Gasteiger partial charge in [0, 0.05) is 11.5 Å². The minimum atomic E-state index is -4.64. The number of carbonyl (C=O) groups is 1. The summed E-state index contributed by atoms with van der Waals surface area (Å²) in [6.07, 6.45) is -3.75. The van der Waals surface area contributed by atoms with Gasteiger partial charge in [-0.2, -0.15) is 22.1 Å². The van der Waals surface area contributed by atoms with Crippen LogP contribution in [0.5, 0.6) is 5.75 Å². The van der Waals surface area contributed by atoms with E-state index in [0.29, 0.717) is 17.4 Å². The number of amides is 1. The zero-order valence-corrected chi connectivity index (χ0v) is 17.5. The van der Waals surface area contributed by atoms with Crippen LogP contribution in [0.1, 0.15) is 24.8 Å². The molecule has 4 rings (SSSR count). The lowest BCUT2D eigenvalue weighted by Crippen LogP contribution is -2.37. The predicted octanol–water partition coefficient (Wildman–Crippen LogP) is 3.96. The van der Waals surface area contributed by atoms with Crippen LogP contribution in [0.15, 0.2) is 30.5 Å². The molecule has 1 amide bonds. The number of hydrogen-bond acceptors (Lipinski definition) is 6. The highest BCUT2D eigenvalue weighted by Gasteiger charge is 2.60. The molecule has 0 aliphatic carbocycles. The highest BCUT2D eigenvalue weighted by atomic mass is 32.2. The Morgan fingerprint density at radius 3 is 2.72 bits per heavy atom. The number of benzene rings is 1. The fourth-order valence-electron chi connectivity index (χ4n) is 3.70. The van der Waals surface area contributed by atoms with Crippen LogP contribution in [0, 0.1) is 11.6 Å². The Bertz CT molecular complexity index is 1190. The predicted molar refractivity (Wildman–Crippen MR) is 106 cm³/mol. The molecule has 3 aromatic rings. The molecule has 1 aliphatic rings. The lowest BCUT2D eigenvalue weighted by molar-refractivity contribution is -0.155. The second kappa shape index (κ2) is 7.87. The third kappa shape index (κ3) is 3.74. The van der Waals surface area contributed by atoms with E-state index in [1.165, 1.54) is 22.8 Å². The summed E-state index contributed by atoms with van der Waals surface area (Å²) in [5.41, 5.74) is 0.655. The van der Waals surface area contributed by atoms with Gasteiger partial charge in [0.15, 0.2) is 17.2 Å². The van der Waals surface area contributed by atoms with E-state index in [4.69, 9.17) is 4.74 Å². The van der Waals surface area contributed by atoms with E-state index in [2.05, 4.69) is 20.8 Å². The number of pyridine rings is 1. The molecule has 1 aromatic carbocycles. The largest absolute Gasteiger partial charge is 0.493 e. The van der Waals surface area contributed by atoms with Gasteiger partial charge in [0.1, 0.15) is 4.75 Å². The molecule has 3 heterocycles. The Labute approximate surface area is 182 Å². The minimum Gasteiger partial charge on any atom is -0.493 e. The molecule has 32 heavy (non-hydrogen) atoms. The van der Waals surface area contributed by atoms with Gasteiger partial charge >= 0.3 is 6.18 Å². The van der Waals surface area contributed by atoms with Crippen LogP contribution in [-0.2, 0) is 4.79 Å². The third-order valence-corrected chi connectivity index (χ3v) is 7.08. The molecule has 1 saturated heterocycles. The smallest absolute Gasteiger partial charge is 0.403 e. The molecule has 3 atom stereocenters. The second-order valence-corrected chi connectivity index (χ2v) is 9.09. The summed E-state index contributed by atoms with van der Waals surface area (Å²) in [4.78, 5) is 13.1. The lowest BCUT2D eigenvalue weighted by Gasteiger charge is -2.26. The summed E-state index contributed by atoms with van der Waals surface area (Å²) in [6.45, 7) is 0.984. The van der Waals surface area contributed by atoms with Crippen LogP contribution in [0.3, 0.4) is 0 Å². The Hall–Kier alpha value is -2.96. The summed E-state index contributed by atoms with van der Waals surface area (Å²) >= 11 is 0.429. The van der Waals surface area contributed by atoms with Crippen molar-refractivity contribution in [2.75, 3.05) is 12.4 Å². The molecule has 13 heteroatoms. The molecule has 0 saturated carbocycles. The molecule has 170 valence electrons. The first-order valence-corrected chi connectivity index (χ1v) is 10.2. The summed E-state index contributed by atoms with van der Waals surface area (Å²) in [5, 5.41) is 12.2. The number of fused-ring (bicyclic) bond motifs is 1. The molecule has 1 N–H and O–H groups in total. The Morgan fingerprint density at radius 1 is 1.28 bits per heavy atom. The van der Waals surface area contributed by atoms with Gasteiger partial charge in [-0.3, -0.25) is 4.79 Å². The van der Waals surface area contributed by atoms with Crippen molar-refractivity contribution in [3.05, 3.63) is 47.7 Å². The zero-order valence-electron chi connectivity index (χ0n) is 16.7. The maximum absolute atomic E-state index is 14.3. The van der Waals surface area contributed by atoms with Crippen molar-refractivity contribution < 1.29 is 31.5 Å². The average Bonchev–Trinajstić information content (AvgIpc) is 3.34. The number of rotatable bonds is 4. The van der Waals surface area contributed by atoms with E-state index in [1.54, 1.807) is 0 Å². The monoisotopic (exact) mass is 473 g/mol. The van der Waals surface area contributed by atoms with E-state index in [0.717, 1.165) is 26.2 Å².